The lowest BCUT2D eigenvalue weighted by molar-refractivity contribution is -0.149. The van der Waals surface area contributed by atoms with Gasteiger partial charge >= 0.3 is 11.7 Å². The molecule has 0 bridgehead atoms. The molecule has 2 heterocycles. The fourth-order valence-corrected chi connectivity index (χ4v) is 4.71. The van der Waals surface area contributed by atoms with E-state index in [-0.39, 0.29) is 31.4 Å². The van der Waals surface area contributed by atoms with E-state index in [0.29, 0.717) is 31.0 Å². The molecule has 4 rings (SSSR count). The van der Waals surface area contributed by atoms with E-state index in [1.165, 1.54) is 4.90 Å². The molecule has 0 spiro atoms. The molecule has 3 aromatic rings. The molecule has 0 aliphatic carbocycles. The summed E-state index contributed by atoms with van der Waals surface area (Å²) < 4.78 is 7.32. The number of amides is 1. The van der Waals surface area contributed by atoms with E-state index in [1.807, 2.05) is 43.3 Å². The van der Waals surface area contributed by atoms with Crippen LogP contribution in [-0.2, 0) is 16.1 Å². The lowest BCUT2D eigenvalue weighted by Gasteiger charge is -2.31. The first-order valence-corrected chi connectivity index (χ1v) is 13.1. The Balaban J connectivity index is 1.79. The Kier molecular flexibility index (Phi) is 8.24. The number of likely N-dealkylation sites (tertiary alicyclic amines) is 1. The molecule has 0 radical (unpaired) electrons. The zero-order chi connectivity index (χ0) is 27.4. The summed E-state index contributed by atoms with van der Waals surface area (Å²) in [6, 6.07) is 14.8. The number of ether oxygens (including phenoxy) is 1. The van der Waals surface area contributed by atoms with Crippen LogP contribution < -0.4 is 11.2 Å². The molecule has 1 aromatic heterocycles. The largest absolute Gasteiger partial charge is 0.466 e. The van der Waals surface area contributed by atoms with E-state index >= 15 is 0 Å². The molecular formula is C29H34N4O5. The number of hydrogen-bond acceptors (Lipinski definition) is 6. The number of piperidine rings is 1. The van der Waals surface area contributed by atoms with Gasteiger partial charge in [-0.25, -0.2) is 4.79 Å². The predicted molar refractivity (Wildman–Crippen MR) is 144 cm³/mol. The predicted octanol–water partition coefficient (Wildman–Crippen LogP) is 3.29. The standard InChI is InChI=1S/C29H34N4O5/c1-5-38-28(36)23-10-7-15-31(18-23)26(34)25-27(35)32(17-21-9-6-8-20(4)16-21)29(37)33(30-25)24-13-11-22(12-14-24)19(2)3/h6,8-9,11-14,16,19,23H,5,7,10,15,17-18H2,1-4H3. The van der Waals surface area contributed by atoms with Crippen molar-refractivity contribution in [2.45, 2.75) is 53.0 Å². The van der Waals surface area contributed by atoms with Crippen LogP contribution in [0.5, 0.6) is 0 Å². The Labute approximate surface area is 221 Å². The fourth-order valence-electron chi connectivity index (χ4n) is 4.71. The molecule has 1 fully saturated rings. The summed E-state index contributed by atoms with van der Waals surface area (Å²) >= 11 is 0. The second-order valence-corrected chi connectivity index (χ2v) is 10.0. The van der Waals surface area contributed by atoms with Gasteiger partial charge in [0.15, 0.2) is 0 Å². The highest BCUT2D eigenvalue weighted by atomic mass is 16.5. The van der Waals surface area contributed by atoms with Gasteiger partial charge in [0, 0.05) is 13.1 Å². The van der Waals surface area contributed by atoms with Gasteiger partial charge < -0.3 is 9.64 Å². The Morgan fingerprint density at radius 1 is 1.11 bits per heavy atom. The minimum absolute atomic E-state index is 0.00231. The topological polar surface area (TPSA) is 104 Å². The maximum absolute atomic E-state index is 13.6. The van der Waals surface area contributed by atoms with Gasteiger partial charge in [-0.15, -0.1) is 0 Å². The lowest BCUT2D eigenvalue weighted by atomic mass is 9.98. The summed E-state index contributed by atoms with van der Waals surface area (Å²) in [5.74, 6) is -1.12. The van der Waals surface area contributed by atoms with Crippen LogP contribution in [0.4, 0.5) is 0 Å². The minimum Gasteiger partial charge on any atom is -0.466 e. The number of hydrogen-bond donors (Lipinski definition) is 0. The number of aromatic nitrogens is 3. The van der Waals surface area contributed by atoms with Crippen molar-refractivity contribution in [3.8, 4) is 5.69 Å². The van der Waals surface area contributed by atoms with Crippen molar-refractivity contribution < 1.29 is 14.3 Å². The van der Waals surface area contributed by atoms with Crippen molar-refractivity contribution in [2.75, 3.05) is 19.7 Å². The Morgan fingerprint density at radius 2 is 1.84 bits per heavy atom. The zero-order valence-corrected chi connectivity index (χ0v) is 22.3. The second-order valence-electron chi connectivity index (χ2n) is 10.0. The van der Waals surface area contributed by atoms with Gasteiger partial charge in [-0.2, -0.15) is 9.78 Å². The van der Waals surface area contributed by atoms with Gasteiger partial charge in [0.1, 0.15) is 0 Å². The van der Waals surface area contributed by atoms with Crippen LogP contribution in [0.25, 0.3) is 5.69 Å². The summed E-state index contributed by atoms with van der Waals surface area (Å²) in [7, 11) is 0. The number of rotatable bonds is 7. The van der Waals surface area contributed by atoms with Crippen LogP contribution >= 0.6 is 0 Å². The van der Waals surface area contributed by atoms with Crippen molar-refractivity contribution in [1.29, 1.82) is 0 Å². The normalized spacial score (nSPS) is 15.5. The average Bonchev–Trinajstić information content (AvgIpc) is 2.91. The van der Waals surface area contributed by atoms with Crippen molar-refractivity contribution >= 4 is 11.9 Å². The van der Waals surface area contributed by atoms with Crippen molar-refractivity contribution in [1.82, 2.24) is 19.2 Å². The molecule has 9 heteroatoms. The molecule has 1 aliphatic rings. The third kappa shape index (κ3) is 5.77. The molecular weight excluding hydrogens is 484 g/mol. The van der Waals surface area contributed by atoms with Crippen molar-refractivity contribution in [3.63, 3.8) is 0 Å². The van der Waals surface area contributed by atoms with Crippen LogP contribution in [0.1, 0.15) is 66.7 Å². The maximum Gasteiger partial charge on any atom is 0.352 e. The summed E-state index contributed by atoms with van der Waals surface area (Å²) in [5, 5.41) is 4.28. The smallest absolute Gasteiger partial charge is 0.352 e. The van der Waals surface area contributed by atoms with Crippen LogP contribution in [0.2, 0.25) is 0 Å². The first-order valence-electron chi connectivity index (χ1n) is 13.1. The molecule has 200 valence electrons. The molecule has 1 amide bonds. The van der Waals surface area contributed by atoms with E-state index in [4.69, 9.17) is 4.74 Å². The molecule has 1 unspecified atom stereocenters. The van der Waals surface area contributed by atoms with E-state index in [9.17, 15) is 19.2 Å². The quantitative estimate of drug-likeness (QED) is 0.445. The highest BCUT2D eigenvalue weighted by Crippen LogP contribution is 2.20. The van der Waals surface area contributed by atoms with Crippen LogP contribution in [0, 0.1) is 12.8 Å². The van der Waals surface area contributed by atoms with Gasteiger partial charge in [-0.1, -0.05) is 55.8 Å². The molecule has 38 heavy (non-hydrogen) atoms. The third-order valence-electron chi connectivity index (χ3n) is 6.82. The molecule has 0 N–H and O–H groups in total. The van der Waals surface area contributed by atoms with Crippen LogP contribution in [0.3, 0.4) is 0 Å². The van der Waals surface area contributed by atoms with E-state index in [1.54, 1.807) is 19.1 Å². The Morgan fingerprint density at radius 3 is 2.50 bits per heavy atom. The van der Waals surface area contributed by atoms with Gasteiger partial charge in [-0.05, 0) is 55.9 Å². The first-order chi connectivity index (χ1) is 18.2. The molecule has 1 saturated heterocycles. The highest BCUT2D eigenvalue weighted by Gasteiger charge is 2.32. The average molecular weight is 519 g/mol. The molecule has 1 aliphatic heterocycles. The number of benzene rings is 2. The molecule has 1 atom stereocenters. The fraction of sp³-hybridized carbons (Fsp3) is 0.414. The third-order valence-corrected chi connectivity index (χ3v) is 6.82. The second kappa shape index (κ2) is 11.6. The number of carbonyl (C=O) groups excluding carboxylic acids is 2. The number of esters is 1. The van der Waals surface area contributed by atoms with E-state index in [0.717, 1.165) is 25.9 Å². The summed E-state index contributed by atoms with van der Waals surface area (Å²) in [6.45, 7) is 8.59. The summed E-state index contributed by atoms with van der Waals surface area (Å²) in [4.78, 5) is 54.5. The molecule has 2 aromatic carbocycles. The Bertz CT molecular complexity index is 1440. The van der Waals surface area contributed by atoms with Gasteiger partial charge in [0.25, 0.3) is 11.5 Å². The first kappa shape index (κ1) is 27.0. The van der Waals surface area contributed by atoms with Crippen molar-refractivity contribution in [2.24, 2.45) is 5.92 Å². The monoisotopic (exact) mass is 518 g/mol. The van der Waals surface area contributed by atoms with Crippen LogP contribution in [-0.4, -0.2) is 50.8 Å². The summed E-state index contributed by atoms with van der Waals surface area (Å²) in [6.07, 6.45) is 1.21. The lowest BCUT2D eigenvalue weighted by Crippen LogP contribution is -2.49. The number of carbonyl (C=O) groups is 2. The zero-order valence-electron chi connectivity index (χ0n) is 22.3. The summed E-state index contributed by atoms with van der Waals surface area (Å²) in [5.41, 5.74) is 1.55. The SMILES string of the molecule is CCOC(=O)C1CCCN(C(=O)c2nn(-c3ccc(C(C)C)cc3)c(=O)n(Cc3cccc(C)c3)c2=O)C1. The van der Waals surface area contributed by atoms with Crippen LogP contribution in [0.15, 0.2) is 58.1 Å². The maximum atomic E-state index is 13.6. The Hall–Kier alpha value is -4.01. The van der Waals surface area contributed by atoms with Crippen molar-refractivity contribution in [3.05, 3.63) is 91.8 Å². The number of aryl methyl sites for hydroxylation is 1. The van der Waals surface area contributed by atoms with E-state index in [2.05, 4.69) is 18.9 Å². The molecule has 9 nitrogen and oxygen atoms in total. The van der Waals surface area contributed by atoms with Gasteiger partial charge in [0.05, 0.1) is 24.8 Å². The van der Waals surface area contributed by atoms with Gasteiger partial charge in [0.2, 0.25) is 5.69 Å². The highest BCUT2D eigenvalue weighted by molar-refractivity contribution is 5.92. The molecule has 0 saturated carbocycles. The van der Waals surface area contributed by atoms with E-state index < -0.39 is 23.1 Å². The number of nitrogens with zero attached hydrogens (tertiary/aromatic N) is 4. The van der Waals surface area contributed by atoms with Gasteiger partial charge in [-0.3, -0.25) is 19.0 Å². The minimum atomic E-state index is -0.755.